The molecule has 1 atom stereocenters. The zero-order chi connectivity index (χ0) is 12.2. The van der Waals surface area contributed by atoms with Crippen LogP contribution in [0.1, 0.15) is 11.7 Å². The van der Waals surface area contributed by atoms with Gasteiger partial charge >= 0.3 is 6.18 Å². The Bertz CT molecular complexity index is 326. The lowest BCUT2D eigenvalue weighted by atomic mass is 10.1. The number of rotatable bonds is 4. The van der Waals surface area contributed by atoms with Gasteiger partial charge in [-0.25, -0.2) is 0 Å². The van der Waals surface area contributed by atoms with Crippen LogP contribution in [0, 0.1) is 0 Å². The summed E-state index contributed by atoms with van der Waals surface area (Å²) >= 11 is 7.67. The number of alkyl halides is 4. The predicted molar refractivity (Wildman–Crippen MR) is 65.1 cm³/mol. The summed E-state index contributed by atoms with van der Waals surface area (Å²) < 4.78 is 41.2. The van der Waals surface area contributed by atoms with Gasteiger partial charge < -0.3 is 4.74 Å². The highest BCUT2D eigenvalue weighted by atomic mass is 127. The maximum Gasteiger partial charge on any atom is 0.411 e. The van der Waals surface area contributed by atoms with Crippen molar-refractivity contribution in [1.82, 2.24) is 0 Å². The Morgan fingerprint density at radius 2 is 1.81 bits per heavy atom. The number of hydrogen-bond donors (Lipinski definition) is 0. The molecule has 0 N–H and O–H groups in total. The van der Waals surface area contributed by atoms with Gasteiger partial charge in [0.1, 0.15) is 6.61 Å². The maximum absolute atomic E-state index is 12.0. The zero-order valence-corrected chi connectivity index (χ0v) is 11.0. The summed E-state index contributed by atoms with van der Waals surface area (Å²) in [6.07, 6.45) is -4.85. The Labute approximate surface area is 110 Å². The summed E-state index contributed by atoms with van der Waals surface area (Å²) in [7, 11) is 0. The molecule has 16 heavy (non-hydrogen) atoms. The summed E-state index contributed by atoms with van der Waals surface area (Å²) in [6.45, 7) is -1.23. The number of benzene rings is 1. The number of ether oxygens (including phenoxy) is 1. The van der Waals surface area contributed by atoms with Crippen LogP contribution in [0.2, 0.25) is 5.02 Å². The molecule has 0 saturated carbocycles. The molecule has 1 rings (SSSR count). The van der Waals surface area contributed by atoms with Crippen molar-refractivity contribution in [1.29, 1.82) is 0 Å². The summed E-state index contributed by atoms with van der Waals surface area (Å²) in [5.41, 5.74) is 0.697. The largest absolute Gasteiger partial charge is 0.411 e. The van der Waals surface area contributed by atoms with Crippen LogP contribution >= 0.6 is 34.2 Å². The van der Waals surface area contributed by atoms with E-state index in [9.17, 15) is 13.2 Å². The van der Waals surface area contributed by atoms with Gasteiger partial charge in [0.25, 0.3) is 0 Å². The first-order valence-electron chi connectivity index (χ1n) is 4.42. The molecule has 0 spiro atoms. The van der Waals surface area contributed by atoms with Crippen molar-refractivity contribution in [2.45, 2.75) is 12.3 Å². The Kier molecular flexibility index (Phi) is 5.33. The molecule has 0 heterocycles. The van der Waals surface area contributed by atoms with Crippen molar-refractivity contribution in [2.75, 3.05) is 11.0 Å². The molecule has 6 heteroatoms. The molecule has 1 aromatic rings. The van der Waals surface area contributed by atoms with Crippen molar-refractivity contribution >= 4 is 34.2 Å². The standard InChI is InChI=1S/C10H9ClF3IO/c11-8-3-1-7(2-4-8)9(5-15)16-6-10(12,13)14/h1-4,9H,5-6H2. The van der Waals surface area contributed by atoms with Crippen LogP contribution in [0.5, 0.6) is 0 Å². The summed E-state index contributed by atoms with van der Waals surface area (Å²) in [5, 5.41) is 0.548. The van der Waals surface area contributed by atoms with Crippen molar-refractivity contribution in [3.8, 4) is 0 Å². The van der Waals surface area contributed by atoms with Crippen LogP contribution in [0.25, 0.3) is 0 Å². The van der Waals surface area contributed by atoms with E-state index in [1.54, 1.807) is 24.3 Å². The van der Waals surface area contributed by atoms with Gasteiger partial charge in [0.2, 0.25) is 0 Å². The number of halogens is 5. The van der Waals surface area contributed by atoms with E-state index in [1.807, 2.05) is 22.6 Å². The molecule has 0 aliphatic heterocycles. The van der Waals surface area contributed by atoms with Crippen molar-refractivity contribution in [3.63, 3.8) is 0 Å². The first-order valence-corrected chi connectivity index (χ1v) is 6.32. The van der Waals surface area contributed by atoms with Crippen LogP contribution in [0.15, 0.2) is 24.3 Å². The van der Waals surface area contributed by atoms with Crippen LogP contribution in [-0.2, 0) is 4.74 Å². The molecule has 0 aliphatic rings. The SMILES string of the molecule is FC(F)(F)COC(CI)c1ccc(Cl)cc1. The normalized spacial score (nSPS) is 13.8. The summed E-state index contributed by atoms with van der Waals surface area (Å²) in [6, 6.07) is 6.60. The Morgan fingerprint density at radius 3 is 2.25 bits per heavy atom. The van der Waals surface area contributed by atoms with Crippen LogP contribution in [0.3, 0.4) is 0 Å². The van der Waals surface area contributed by atoms with Gasteiger partial charge in [-0.1, -0.05) is 46.3 Å². The van der Waals surface area contributed by atoms with E-state index in [1.165, 1.54) is 0 Å². The van der Waals surface area contributed by atoms with Crippen LogP contribution in [-0.4, -0.2) is 17.2 Å². The van der Waals surface area contributed by atoms with Gasteiger partial charge in [-0.15, -0.1) is 0 Å². The molecule has 0 aromatic heterocycles. The highest BCUT2D eigenvalue weighted by Gasteiger charge is 2.29. The zero-order valence-electron chi connectivity index (χ0n) is 8.10. The molecule has 0 saturated heterocycles. The molecule has 0 amide bonds. The topological polar surface area (TPSA) is 9.23 Å². The smallest absolute Gasteiger partial charge is 0.363 e. The molecule has 0 aliphatic carbocycles. The van der Waals surface area contributed by atoms with E-state index < -0.39 is 18.9 Å². The van der Waals surface area contributed by atoms with E-state index in [2.05, 4.69) is 0 Å². The van der Waals surface area contributed by atoms with Gasteiger partial charge in [-0.05, 0) is 17.7 Å². The van der Waals surface area contributed by atoms with E-state index in [4.69, 9.17) is 16.3 Å². The molecule has 0 fully saturated rings. The van der Waals surface area contributed by atoms with Crippen molar-refractivity contribution in [3.05, 3.63) is 34.9 Å². The first-order chi connectivity index (χ1) is 7.42. The second kappa shape index (κ2) is 6.07. The minimum absolute atomic E-state index is 0.454. The van der Waals surface area contributed by atoms with Gasteiger partial charge in [0, 0.05) is 9.45 Å². The minimum atomic E-state index is -4.30. The third-order valence-corrected chi connectivity index (χ3v) is 2.88. The molecule has 1 nitrogen and oxygen atoms in total. The molecule has 1 aromatic carbocycles. The summed E-state index contributed by atoms with van der Waals surface area (Å²) in [5.74, 6) is 0. The van der Waals surface area contributed by atoms with Gasteiger partial charge in [-0.3, -0.25) is 0 Å². The Hall–Kier alpha value is -0.0100. The lowest BCUT2D eigenvalue weighted by Crippen LogP contribution is -2.20. The second-order valence-corrected chi connectivity index (χ2v) is 4.44. The average molecular weight is 365 g/mol. The third kappa shape index (κ3) is 4.88. The fraction of sp³-hybridized carbons (Fsp3) is 0.400. The molecular weight excluding hydrogens is 355 g/mol. The Balaban J connectivity index is 2.64. The van der Waals surface area contributed by atoms with Gasteiger partial charge in [0.15, 0.2) is 0 Å². The quantitative estimate of drug-likeness (QED) is 0.568. The lowest BCUT2D eigenvalue weighted by molar-refractivity contribution is -0.183. The first kappa shape index (κ1) is 14.1. The van der Waals surface area contributed by atoms with E-state index in [-0.39, 0.29) is 0 Å². The Morgan fingerprint density at radius 1 is 1.25 bits per heavy atom. The molecular formula is C10H9ClF3IO. The fourth-order valence-electron chi connectivity index (χ4n) is 1.10. The van der Waals surface area contributed by atoms with Crippen LogP contribution in [0.4, 0.5) is 13.2 Å². The highest BCUT2D eigenvalue weighted by molar-refractivity contribution is 14.1. The van der Waals surface area contributed by atoms with E-state index in [0.717, 1.165) is 0 Å². The predicted octanol–water partition coefficient (Wildman–Crippen LogP) is 4.40. The van der Waals surface area contributed by atoms with Crippen molar-refractivity contribution in [2.24, 2.45) is 0 Å². The highest BCUT2D eigenvalue weighted by Crippen LogP contribution is 2.25. The van der Waals surface area contributed by atoms with E-state index >= 15 is 0 Å². The third-order valence-electron chi connectivity index (χ3n) is 1.83. The molecule has 90 valence electrons. The van der Waals surface area contributed by atoms with Gasteiger partial charge in [0.05, 0.1) is 6.10 Å². The van der Waals surface area contributed by atoms with Gasteiger partial charge in [-0.2, -0.15) is 13.2 Å². The molecule has 0 bridgehead atoms. The van der Waals surface area contributed by atoms with Crippen LogP contribution < -0.4 is 0 Å². The van der Waals surface area contributed by atoms with E-state index in [0.29, 0.717) is 15.0 Å². The average Bonchev–Trinajstić information content (AvgIpc) is 2.20. The molecule has 1 unspecified atom stereocenters. The number of hydrogen-bond acceptors (Lipinski definition) is 1. The molecule has 0 radical (unpaired) electrons. The minimum Gasteiger partial charge on any atom is -0.363 e. The summed E-state index contributed by atoms with van der Waals surface area (Å²) in [4.78, 5) is 0. The monoisotopic (exact) mass is 364 g/mol. The maximum atomic E-state index is 12.0. The van der Waals surface area contributed by atoms with Crippen molar-refractivity contribution < 1.29 is 17.9 Å². The lowest BCUT2D eigenvalue weighted by Gasteiger charge is -2.17. The second-order valence-electron chi connectivity index (χ2n) is 3.12. The fourth-order valence-corrected chi connectivity index (χ4v) is 1.99.